The number of rotatable bonds is 8. The van der Waals surface area contributed by atoms with E-state index in [-0.39, 0.29) is 30.8 Å². The van der Waals surface area contributed by atoms with Crippen molar-refractivity contribution in [1.29, 1.82) is 0 Å². The first kappa shape index (κ1) is 23.2. The first-order chi connectivity index (χ1) is 16.5. The van der Waals surface area contributed by atoms with Crippen LogP contribution in [0, 0.1) is 5.92 Å². The average Bonchev–Trinajstić information content (AvgIpc) is 3.28. The molecule has 34 heavy (non-hydrogen) atoms. The molecule has 0 bridgehead atoms. The van der Waals surface area contributed by atoms with Gasteiger partial charge in [0.2, 0.25) is 17.6 Å². The Hall–Kier alpha value is -4.00. The first-order valence-electron chi connectivity index (χ1n) is 11.1. The third-order valence-corrected chi connectivity index (χ3v) is 6.01. The van der Waals surface area contributed by atoms with E-state index in [1.807, 2.05) is 60.7 Å². The minimum absolute atomic E-state index is 0.124. The summed E-state index contributed by atoms with van der Waals surface area (Å²) in [6, 6.07) is 22.8. The lowest BCUT2D eigenvalue weighted by molar-refractivity contribution is -0.126. The molecule has 1 N–H and O–H groups in total. The van der Waals surface area contributed by atoms with Crippen molar-refractivity contribution in [2.45, 2.75) is 12.5 Å². The molecule has 2 amide bonds. The van der Waals surface area contributed by atoms with Gasteiger partial charge in [-0.1, -0.05) is 60.7 Å². The van der Waals surface area contributed by atoms with Gasteiger partial charge in [-0.15, -0.1) is 0 Å². The third kappa shape index (κ3) is 4.69. The second kappa shape index (κ2) is 10.3. The van der Waals surface area contributed by atoms with Crippen molar-refractivity contribution in [1.82, 2.24) is 5.32 Å². The molecule has 0 radical (unpaired) electrons. The van der Waals surface area contributed by atoms with E-state index in [4.69, 9.17) is 14.2 Å². The summed E-state index contributed by atoms with van der Waals surface area (Å²) in [5, 5.41) is 3.16. The molecule has 1 saturated heterocycles. The largest absolute Gasteiger partial charge is 0.493 e. The van der Waals surface area contributed by atoms with E-state index in [0.29, 0.717) is 22.9 Å². The van der Waals surface area contributed by atoms with Crippen molar-refractivity contribution in [3.8, 4) is 17.2 Å². The molecular weight excluding hydrogens is 432 g/mol. The van der Waals surface area contributed by atoms with Crippen LogP contribution in [0.2, 0.25) is 0 Å². The molecule has 1 aliphatic rings. The number of hydrogen-bond acceptors (Lipinski definition) is 5. The monoisotopic (exact) mass is 460 g/mol. The highest BCUT2D eigenvalue weighted by Crippen LogP contribution is 2.42. The fourth-order valence-corrected chi connectivity index (χ4v) is 4.27. The molecule has 1 atom stereocenters. The second-order valence-corrected chi connectivity index (χ2v) is 8.05. The number of nitrogens with zero attached hydrogens (tertiary/aromatic N) is 1. The zero-order chi connectivity index (χ0) is 24.1. The fourth-order valence-electron chi connectivity index (χ4n) is 4.27. The summed E-state index contributed by atoms with van der Waals surface area (Å²) in [7, 11) is 4.57. The van der Waals surface area contributed by atoms with Crippen LogP contribution in [0.25, 0.3) is 0 Å². The predicted octanol–water partition coefficient (Wildman–Crippen LogP) is 3.97. The highest BCUT2D eigenvalue weighted by atomic mass is 16.5. The van der Waals surface area contributed by atoms with Gasteiger partial charge in [0, 0.05) is 25.1 Å². The van der Waals surface area contributed by atoms with Crippen molar-refractivity contribution < 1.29 is 23.8 Å². The van der Waals surface area contributed by atoms with Crippen LogP contribution in [0.4, 0.5) is 5.69 Å². The van der Waals surface area contributed by atoms with Gasteiger partial charge < -0.3 is 24.4 Å². The number of carbonyl (C=O) groups excluding carboxylic acids is 2. The van der Waals surface area contributed by atoms with Crippen LogP contribution in [-0.2, 0) is 9.59 Å². The SMILES string of the molecule is COc1cc(N2CC(C(=O)NC(c3ccccc3)c3ccccc3)CC2=O)cc(OC)c1OC. The van der Waals surface area contributed by atoms with Crippen molar-refractivity contribution in [2.75, 3.05) is 32.8 Å². The lowest BCUT2D eigenvalue weighted by atomic mass is 9.97. The number of benzene rings is 3. The summed E-state index contributed by atoms with van der Waals surface area (Å²) < 4.78 is 16.2. The Morgan fingerprint density at radius 3 is 1.88 bits per heavy atom. The molecule has 7 heteroatoms. The van der Waals surface area contributed by atoms with Crippen LogP contribution in [0.1, 0.15) is 23.6 Å². The average molecular weight is 461 g/mol. The molecule has 1 heterocycles. The normalized spacial score (nSPS) is 15.4. The molecule has 1 fully saturated rings. The van der Waals surface area contributed by atoms with Gasteiger partial charge in [-0.2, -0.15) is 0 Å². The number of carbonyl (C=O) groups is 2. The summed E-state index contributed by atoms with van der Waals surface area (Å²) in [5.74, 6) is 0.563. The maximum atomic E-state index is 13.3. The summed E-state index contributed by atoms with van der Waals surface area (Å²) in [6.45, 7) is 0.263. The van der Waals surface area contributed by atoms with Gasteiger partial charge in [0.25, 0.3) is 0 Å². The number of methoxy groups -OCH3 is 3. The van der Waals surface area contributed by atoms with Crippen LogP contribution < -0.4 is 24.4 Å². The molecule has 3 aromatic rings. The number of nitrogens with one attached hydrogen (secondary N) is 1. The molecule has 1 unspecified atom stereocenters. The smallest absolute Gasteiger partial charge is 0.227 e. The second-order valence-electron chi connectivity index (χ2n) is 8.05. The summed E-state index contributed by atoms with van der Waals surface area (Å²) in [4.78, 5) is 27.8. The molecule has 0 aliphatic carbocycles. The molecule has 7 nitrogen and oxygen atoms in total. The Labute approximate surface area is 199 Å². The van der Waals surface area contributed by atoms with Gasteiger partial charge in [0.1, 0.15) is 0 Å². The Morgan fingerprint density at radius 1 is 0.882 bits per heavy atom. The van der Waals surface area contributed by atoms with Gasteiger partial charge >= 0.3 is 0 Å². The number of anilines is 1. The highest BCUT2D eigenvalue weighted by molar-refractivity contribution is 6.01. The van der Waals surface area contributed by atoms with Crippen LogP contribution in [0.3, 0.4) is 0 Å². The van der Waals surface area contributed by atoms with Crippen LogP contribution in [0.5, 0.6) is 17.2 Å². The van der Waals surface area contributed by atoms with E-state index in [0.717, 1.165) is 11.1 Å². The van der Waals surface area contributed by atoms with E-state index in [2.05, 4.69) is 5.32 Å². The topological polar surface area (TPSA) is 77.1 Å². The zero-order valence-corrected chi connectivity index (χ0v) is 19.5. The number of hydrogen-bond donors (Lipinski definition) is 1. The van der Waals surface area contributed by atoms with Crippen molar-refractivity contribution in [2.24, 2.45) is 5.92 Å². The molecule has 0 spiro atoms. The molecular formula is C27H28N2O5. The van der Waals surface area contributed by atoms with Crippen LogP contribution in [0.15, 0.2) is 72.8 Å². The van der Waals surface area contributed by atoms with Crippen LogP contribution >= 0.6 is 0 Å². The Bertz CT molecular complexity index is 1090. The van der Waals surface area contributed by atoms with Crippen LogP contribution in [-0.4, -0.2) is 39.7 Å². The minimum Gasteiger partial charge on any atom is -0.493 e. The first-order valence-corrected chi connectivity index (χ1v) is 11.1. The Balaban J connectivity index is 1.56. The van der Waals surface area contributed by atoms with E-state index >= 15 is 0 Å². The van der Waals surface area contributed by atoms with E-state index < -0.39 is 5.92 Å². The predicted molar refractivity (Wildman–Crippen MR) is 129 cm³/mol. The lowest BCUT2D eigenvalue weighted by Gasteiger charge is -2.23. The van der Waals surface area contributed by atoms with Crippen molar-refractivity contribution >= 4 is 17.5 Å². The van der Waals surface area contributed by atoms with Gasteiger partial charge in [0.15, 0.2) is 11.5 Å². The summed E-state index contributed by atoms with van der Waals surface area (Å²) >= 11 is 0. The standard InChI is InChI=1S/C27H28N2O5/c1-32-22-15-21(16-23(33-2)26(22)34-3)29-17-20(14-24(29)30)27(31)28-25(18-10-6-4-7-11-18)19-12-8-5-9-13-19/h4-13,15-16,20,25H,14,17H2,1-3H3,(H,28,31). The Kier molecular flexibility index (Phi) is 7.01. The summed E-state index contributed by atoms with van der Waals surface area (Å²) in [5.41, 5.74) is 2.55. The maximum Gasteiger partial charge on any atom is 0.227 e. The van der Waals surface area contributed by atoms with Gasteiger partial charge in [-0.05, 0) is 11.1 Å². The molecule has 3 aromatic carbocycles. The lowest BCUT2D eigenvalue weighted by Crippen LogP contribution is -2.36. The minimum atomic E-state index is -0.485. The van der Waals surface area contributed by atoms with Gasteiger partial charge in [-0.25, -0.2) is 0 Å². The molecule has 4 rings (SSSR count). The Morgan fingerprint density at radius 2 is 1.41 bits per heavy atom. The van der Waals surface area contributed by atoms with E-state index in [9.17, 15) is 9.59 Å². The molecule has 176 valence electrons. The van der Waals surface area contributed by atoms with Gasteiger partial charge in [-0.3, -0.25) is 9.59 Å². The zero-order valence-electron chi connectivity index (χ0n) is 19.5. The van der Waals surface area contributed by atoms with Crippen molar-refractivity contribution in [3.63, 3.8) is 0 Å². The molecule has 0 saturated carbocycles. The number of amides is 2. The maximum absolute atomic E-state index is 13.3. The highest BCUT2D eigenvalue weighted by Gasteiger charge is 2.37. The fraction of sp³-hybridized carbons (Fsp3) is 0.259. The van der Waals surface area contributed by atoms with E-state index in [1.54, 1.807) is 17.0 Å². The van der Waals surface area contributed by atoms with Crippen molar-refractivity contribution in [3.05, 3.63) is 83.9 Å². The molecule has 0 aromatic heterocycles. The van der Waals surface area contributed by atoms with Gasteiger partial charge in [0.05, 0.1) is 39.0 Å². The quantitative estimate of drug-likeness (QED) is 0.551. The molecule has 1 aliphatic heterocycles. The van der Waals surface area contributed by atoms with E-state index in [1.165, 1.54) is 21.3 Å². The third-order valence-electron chi connectivity index (χ3n) is 6.01. The summed E-state index contributed by atoms with van der Waals surface area (Å²) in [6.07, 6.45) is 0.124. The number of ether oxygens (including phenoxy) is 3.